The first-order valence-electron chi connectivity index (χ1n) is 6.99. The van der Waals surface area contributed by atoms with Crippen molar-refractivity contribution in [1.82, 2.24) is 5.32 Å². The number of aliphatic carboxylic acids is 1. The van der Waals surface area contributed by atoms with Crippen molar-refractivity contribution in [3.05, 3.63) is 0 Å². The summed E-state index contributed by atoms with van der Waals surface area (Å²) < 4.78 is 0. The van der Waals surface area contributed by atoms with Crippen LogP contribution in [0.4, 0.5) is 0 Å². The fraction of sp³-hybridized carbons (Fsp3) is 0.857. The maximum Gasteiger partial charge on any atom is 0.307 e. The van der Waals surface area contributed by atoms with Gasteiger partial charge >= 0.3 is 5.97 Å². The summed E-state index contributed by atoms with van der Waals surface area (Å²) in [4.78, 5) is 23.4. The highest BCUT2D eigenvalue weighted by atomic mass is 32.2. The molecule has 0 saturated heterocycles. The number of thioether (sulfide) groups is 1. The number of hydrogen-bond donors (Lipinski definition) is 2. The van der Waals surface area contributed by atoms with Gasteiger partial charge in [0.05, 0.1) is 11.8 Å². The Kier molecular flexibility index (Phi) is 6.69. The molecule has 5 heteroatoms. The number of hydrogen-bond acceptors (Lipinski definition) is 3. The Balaban J connectivity index is 2.52. The van der Waals surface area contributed by atoms with Crippen LogP contribution in [-0.4, -0.2) is 35.5 Å². The van der Waals surface area contributed by atoms with Crippen molar-refractivity contribution in [1.29, 1.82) is 0 Å². The predicted molar refractivity (Wildman–Crippen MR) is 78.2 cm³/mol. The molecule has 1 saturated carbocycles. The van der Waals surface area contributed by atoms with Gasteiger partial charge in [-0.05, 0) is 36.7 Å². The molecule has 4 unspecified atom stereocenters. The van der Waals surface area contributed by atoms with Gasteiger partial charge in [-0.2, -0.15) is 11.8 Å². The third-order valence-electron chi connectivity index (χ3n) is 3.97. The number of amides is 1. The molecule has 0 aliphatic heterocycles. The molecule has 19 heavy (non-hydrogen) atoms. The fourth-order valence-corrected chi connectivity index (χ4v) is 3.48. The smallest absolute Gasteiger partial charge is 0.307 e. The highest BCUT2D eigenvalue weighted by Crippen LogP contribution is 2.38. The Morgan fingerprint density at radius 1 is 1.37 bits per heavy atom. The lowest BCUT2D eigenvalue weighted by atomic mass is 9.95. The first-order chi connectivity index (χ1) is 8.99. The van der Waals surface area contributed by atoms with Crippen LogP contribution in [0.5, 0.6) is 0 Å². The van der Waals surface area contributed by atoms with Gasteiger partial charge in [0.15, 0.2) is 0 Å². The summed E-state index contributed by atoms with van der Waals surface area (Å²) in [5.41, 5.74) is 0. The molecule has 2 N–H and O–H groups in total. The minimum atomic E-state index is -0.826. The van der Waals surface area contributed by atoms with Gasteiger partial charge in [0.25, 0.3) is 0 Å². The Bertz CT molecular complexity index is 322. The Hall–Kier alpha value is -0.710. The quantitative estimate of drug-likeness (QED) is 0.753. The molecule has 1 rings (SSSR count). The summed E-state index contributed by atoms with van der Waals surface area (Å²) in [6, 6.07) is 0. The van der Waals surface area contributed by atoms with E-state index in [0.717, 1.165) is 18.6 Å². The molecule has 1 aliphatic carbocycles. The van der Waals surface area contributed by atoms with Gasteiger partial charge in [-0.3, -0.25) is 9.59 Å². The third-order valence-corrected chi connectivity index (χ3v) is 4.87. The molecule has 4 atom stereocenters. The van der Waals surface area contributed by atoms with Gasteiger partial charge in [0.2, 0.25) is 5.91 Å². The molecular formula is C14H25NO3S. The zero-order valence-corrected chi connectivity index (χ0v) is 12.8. The predicted octanol–water partition coefficient (Wildman–Crippen LogP) is 2.24. The molecule has 0 bridgehead atoms. The average Bonchev–Trinajstić information content (AvgIpc) is 2.80. The van der Waals surface area contributed by atoms with Crippen LogP contribution in [-0.2, 0) is 9.59 Å². The molecule has 1 aliphatic rings. The summed E-state index contributed by atoms with van der Waals surface area (Å²) in [5.74, 6) is 0.0608. The van der Waals surface area contributed by atoms with Crippen LogP contribution in [0.2, 0.25) is 0 Å². The van der Waals surface area contributed by atoms with Gasteiger partial charge in [0.1, 0.15) is 0 Å². The molecule has 0 spiro atoms. The van der Waals surface area contributed by atoms with E-state index < -0.39 is 11.9 Å². The van der Waals surface area contributed by atoms with Crippen molar-refractivity contribution in [3.63, 3.8) is 0 Å². The molecule has 1 fully saturated rings. The molecule has 1 amide bonds. The molecule has 4 nitrogen and oxygen atoms in total. The van der Waals surface area contributed by atoms with Gasteiger partial charge in [0, 0.05) is 6.54 Å². The van der Waals surface area contributed by atoms with Gasteiger partial charge in [-0.1, -0.05) is 20.3 Å². The van der Waals surface area contributed by atoms with E-state index in [1.54, 1.807) is 11.8 Å². The van der Waals surface area contributed by atoms with Crippen molar-refractivity contribution in [2.45, 2.75) is 33.1 Å². The van der Waals surface area contributed by atoms with Crippen LogP contribution in [0.25, 0.3) is 0 Å². The molecule has 0 aromatic heterocycles. The zero-order chi connectivity index (χ0) is 14.4. The summed E-state index contributed by atoms with van der Waals surface area (Å²) in [7, 11) is 0. The Morgan fingerprint density at radius 3 is 2.53 bits per heavy atom. The number of carboxylic acid groups (broad SMARTS) is 1. The van der Waals surface area contributed by atoms with E-state index in [1.165, 1.54) is 0 Å². The second-order valence-electron chi connectivity index (χ2n) is 5.60. The number of carbonyl (C=O) groups is 2. The minimum absolute atomic E-state index is 0.0729. The van der Waals surface area contributed by atoms with Crippen LogP contribution >= 0.6 is 11.8 Å². The van der Waals surface area contributed by atoms with E-state index in [4.69, 9.17) is 0 Å². The largest absolute Gasteiger partial charge is 0.481 e. The molecule has 0 aromatic carbocycles. The third kappa shape index (κ3) is 4.71. The normalized spacial score (nSPS) is 28.1. The zero-order valence-electron chi connectivity index (χ0n) is 12.0. The van der Waals surface area contributed by atoms with Gasteiger partial charge in [-0.15, -0.1) is 0 Å². The van der Waals surface area contributed by atoms with Crippen LogP contribution < -0.4 is 5.32 Å². The maximum absolute atomic E-state index is 12.1. The van der Waals surface area contributed by atoms with Crippen LogP contribution in [0.1, 0.15) is 33.1 Å². The highest BCUT2D eigenvalue weighted by molar-refractivity contribution is 7.98. The van der Waals surface area contributed by atoms with Gasteiger partial charge < -0.3 is 10.4 Å². The first-order valence-corrected chi connectivity index (χ1v) is 8.38. The summed E-state index contributed by atoms with van der Waals surface area (Å²) in [5, 5.41) is 12.1. The topological polar surface area (TPSA) is 66.4 Å². The van der Waals surface area contributed by atoms with E-state index in [-0.39, 0.29) is 11.8 Å². The van der Waals surface area contributed by atoms with E-state index in [0.29, 0.717) is 24.8 Å². The SMILES string of the molecule is CCC1CC(C(=O)O)C(C(=O)NCC(C)CSC)C1. The Labute approximate surface area is 119 Å². The van der Waals surface area contributed by atoms with Gasteiger partial charge in [-0.25, -0.2) is 0 Å². The Morgan fingerprint density at radius 2 is 2.00 bits per heavy atom. The summed E-state index contributed by atoms with van der Waals surface area (Å²) in [6.07, 6.45) is 4.36. The van der Waals surface area contributed by atoms with E-state index >= 15 is 0 Å². The maximum atomic E-state index is 12.1. The summed E-state index contributed by atoms with van der Waals surface area (Å²) in [6.45, 7) is 4.79. The number of carbonyl (C=O) groups excluding carboxylic acids is 1. The lowest BCUT2D eigenvalue weighted by molar-refractivity contribution is -0.146. The van der Waals surface area contributed by atoms with Crippen molar-refractivity contribution in [3.8, 4) is 0 Å². The van der Waals surface area contributed by atoms with E-state index in [2.05, 4.69) is 19.2 Å². The molecule has 110 valence electrons. The average molecular weight is 287 g/mol. The second kappa shape index (κ2) is 7.78. The van der Waals surface area contributed by atoms with E-state index in [9.17, 15) is 14.7 Å². The number of nitrogens with one attached hydrogen (secondary N) is 1. The van der Waals surface area contributed by atoms with E-state index in [1.807, 2.05) is 6.26 Å². The number of rotatable bonds is 7. The monoisotopic (exact) mass is 287 g/mol. The molecule has 0 radical (unpaired) electrons. The molecular weight excluding hydrogens is 262 g/mol. The second-order valence-corrected chi connectivity index (χ2v) is 6.51. The summed E-state index contributed by atoms with van der Waals surface area (Å²) >= 11 is 1.76. The lowest BCUT2D eigenvalue weighted by Gasteiger charge is -2.17. The van der Waals surface area contributed by atoms with Crippen molar-refractivity contribution in [2.24, 2.45) is 23.7 Å². The fourth-order valence-electron chi connectivity index (χ4n) is 2.79. The standard InChI is InChI=1S/C14H25NO3S/c1-4-10-5-11(12(6-10)14(17)18)13(16)15-7-9(2)8-19-3/h9-12H,4-8H2,1-3H3,(H,15,16)(H,17,18). The molecule has 0 aromatic rings. The minimum Gasteiger partial charge on any atom is -0.481 e. The van der Waals surface area contributed by atoms with Crippen molar-refractivity contribution in [2.75, 3.05) is 18.6 Å². The van der Waals surface area contributed by atoms with Crippen LogP contribution in [0.15, 0.2) is 0 Å². The van der Waals surface area contributed by atoms with Crippen molar-refractivity contribution >= 4 is 23.6 Å². The highest BCUT2D eigenvalue weighted by Gasteiger charge is 2.41. The number of carboxylic acids is 1. The first kappa shape index (κ1) is 16.3. The van der Waals surface area contributed by atoms with Crippen LogP contribution in [0.3, 0.4) is 0 Å². The molecule has 0 heterocycles. The lowest BCUT2D eigenvalue weighted by Crippen LogP contribution is -2.37. The van der Waals surface area contributed by atoms with Crippen LogP contribution in [0, 0.1) is 23.7 Å². The van der Waals surface area contributed by atoms with Crippen molar-refractivity contribution < 1.29 is 14.7 Å².